The summed E-state index contributed by atoms with van der Waals surface area (Å²) in [6, 6.07) is 7.42. The van der Waals surface area contributed by atoms with Crippen molar-refractivity contribution in [2.24, 2.45) is 0 Å². The van der Waals surface area contributed by atoms with Crippen molar-refractivity contribution < 1.29 is 8.78 Å². The van der Waals surface area contributed by atoms with Crippen LogP contribution < -0.4 is 0 Å². The Hall–Kier alpha value is -2.95. The maximum absolute atomic E-state index is 13.1. The second-order valence-corrected chi connectivity index (χ2v) is 7.04. The van der Waals surface area contributed by atoms with Gasteiger partial charge in [0.25, 0.3) is 6.43 Å². The number of hydrogen-bond acceptors (Lipinski definition) is 7. The van der Waals surface area contributed by atoms with Crippen molar-refractivity contribution in [1.82, 2.24) is 39.6 Å². The molecule has 1 aliphatic carbocycles. The van der Waals surface area contributed by atoms with E-state index in [2.05, 4.69) is 35.0 Å². The molecule has 4 aromatic heterocycles. The molecule has 0 atom stereocenters. The number of nitrogens with zero attached hydrogens (tertiary/aromatic N) is 8. The normalized spacial score (nSPS) is 14.3. The first kappa shape index (κ1) is 16.2. The zero-order valence-corrected chi connectivity index (χ0v) is 14.6. The van der Waals surface area contributed by atoms with Crippen LogP contribution in [0, 0.1) is 0 Å². The summed E-state index contributed by atoms with van der Waals surface area (Å²) in [5.74, 6) is 0.263. The van der Waals surface area contributed by atoms with Crippen molar-refractivity contribution in [2.75, 3.05) is 0 Å². The number of rotatable bonds is 5. The highest BCUT2D eigenvalue weighted by Gasteiger charge is 2.30. The molecule has 1 saturated carbocycles. The maximum Gasteiger partial charge on any atom is 0.299 e. The van der Waals surface area contributed by atoms with Crippen LogP contribution in [0.4, 0.5) is 8.78 Å². The van der Waals surface area contributed by atoms with Gasteiger partial charge in [0.05, 0.1) is 0 Å². The van der Waals surface area contributed by atoms with Gasteiger partial charge in [0.15, 0.2) is 16.6 Å². The SMILES string of the molecule is FC(F)c1nnc2ccc(Sc3nnc(-c4cccnc4)n3C3CC3)nn12. The molecule has 0 radical (unpaired) electrons. The first-order valence-corrected chi connectivity index (χ1v) is 9.06. The lowest BCUT2D eigenvalue weighted by Crippen LogP contribution is -2.02. The van der Waals surface area contributed by atoms with Crippen LogP contribution in [0.25, 0.3) is 17.0 Å². The summed E-state index contributed by atoms with van der Waals surface area (Å²) in [6.45, 7) is 0. The number of pyridine rings is 1. The van der Waals surface area contributed by atoms with E-state index in [1.54, 1.807) is 24.5 Å². The van der Waals surface area contributed by atoms with E-state index in [-0.39, 0.29) is 5.65 Å². The van der Waals surface area contributed by atoms with E-state index >= 15 is 0 Å². The lowest BCUT2D eigenvalue weighted by atomic mass is 10.3. The molecule has 1 aliphatic rings. The van der Waals surface area contributed by atoms with Crippen LogP contribution in [0.1, 0.15) is 31.1 Å². The Morgan fingerprint density at radius 2 is 1.96 bits per heavy atom. The van der Waals surface area contributed by atoms with Gasteiger partial charge in [0.2, 0.25) is 5.82 Å². The highest BCUT2D eigenvalue weighted by molar-refractivity contribution is 7.99. The zero-order chi connectivity index (χ0) is 18.4. The number of fused-ring (bicyclic) bond motifs is 1. The Morgan fingerprint density at radius 1 is 1.07 bits per heavy atom. The molecule has 136 valence electrons. The summed E-state index contributed by atoms with van der Waals surface area (Å²) in [4.78, 5) is 4.14. The fourth-order valence-electron chi connectivity index (χ4n) is 2.77. The average molecular weight is 386 g/mol. The van der Waals surface area contributed by atoms with E-state index in [1.165, 1.54) is 11.8 Å². The van der Waals surface area contributed by atoms with Crippen LogP contribution in [-0.2, 0) is 0 Å². The number of alkyl halides is 2. The monoisotopic (exact) mass is 386 g/mol. The molecule has 0 unspecified atom stereocenters. The van der Waals surface area contributed by atoms with Gasteiger partial charge in [-0.25, -0.2) is 8.78 Å². The number of aromatic nitrogens is 8. The Bertz CT molecular complexity index is 1110. The molecule has 0 N–H and O–H groups in total. The summed E-state index contributed by atoms with van der Waals surface area (Å²) >= 11 is 1.27. The largest absolute Gasteiger partial charge is 0.299 e. The lowest BCUT2D eigenvalue weighted by Gasteiger charge is -2.08. The maximum atomic E-state index is 13.1. The van der Waals surface area contributed by atoms with Gasteiger partial charge in [-0.05, 0) is 48.9 Å². The zero-order valence-electron chi connectivity index (χ0n) is 13.8. The van der Waals surface area contributed by atoms with Crippen LogP contribution in [0.15, 0.2) is 46.8 Å². The molecule has 5 rings (SSSR count). The second kappa shape index (κ2) is 6.34. The predicted molar refractivity (Wildman–Crippen MR) is 91.4 cm³/mol. The van der Waals surface area contributed by atoms with Crippen LogP contribution in [0.3, 0.4) is 0 Å². The minimum absolute atomic E-state index is 0.273. The predicted octanol–water partition coefficient (Wildman–Crippen LogP) is 3.20. The van der Waals surface area contributed by atoms with Gasteiger partial charge in [-0.15, -0.1) is 20.4 Å². The topological polar surface area (TPSA) is 86.7 Å². The Kier molecular flexibility index (Phi) is 3.81. The molecule has 0 amide bonds. The molecule has 8 nitrogen and oxygen atoms in total. The molecule has 1 fully saturated rings. The lowest BCUT2D eigenvalue weighted by molar-refractivity contribution is 0.137. The van der Waals surface area contributed by atoms with Gasteiger partial charge in [-0.1, -0.05) is 0 Å². The summed E-state index contributed by atoms with van der Waals surface area (Å²) < 4.78 is 29.2. The molecule has 0 aromatic carbocycles. The molecular formula is C16H12F2N8S. The highest BCUT2D eigenvalue weighted by atomic mass is 32.2. The number of hydrogen-bond donors (Lipinski definition) is 0. The standard InChI is InChI=1S/C16H12F2N8S/c17-13(18)15-22-20-11-5-6-12(24-26(11)15)27-16-23-21-14(25(16)10-3-4-10)9-2-1-7-19-8-9/h1-2,5-8,10,13H,3-4H2. The van der Waals surface area contributed by atoms with Crippen molar-refractivity contribution in [3.05, 3.63) is 42.5 Å². The van der Waals surface area contributed by atoms with E-state index in [0.717, 1.165) is 28.7 Å². The third kappa shape index (κ3) is 2.93. The molecular weight excluding hydrogens is 374 g/mol. The third-order valence-corrected chi connectivity index (χ3v) is 5.04. The molecule has 0 saturated heterocycles. The van der Waals surface area contributed by atoms with Crippen LogP contribution in [0.2, 0.25) is 0 Å². The van der Waals surface area contributed by atoms with Crippen LogP contribution in [-0.4, -0.2) is 39.6 Å². The minimum atomic E-state index is -2.75. The first-order valence-electron chi connectivity index (χ1n) is 8.24. The Labute approximate surface area is 155 Å². The fourth-order valence-corrected chi connectivity index (χ4v) is 3.63. The molecule has 4 heterocycles. The summed E-state index contributed by atoms with van der Waals surface area (Å²) in [5, 5.41) is 21.2. The third-order valence-electron chi connectivity index (χ3n) is 4.15. The minimum Gasteiger partial charge on any atom is -0.299 e. The van der Waals surface area contributed by atoms with Gasteiger partial charge in [-0.3, -0.25) is 9.55 Å². The molecule has 11 heteroatoms. The second-order valence-electron chi connectivity index (χ2n) is 6.05. The van der Waals surface area contributed by atoms with Crippen molar-refractivity contribution in [3.8, 4) is 11.4 Å². The van der Waals surface area contributed by atoms with Gasteiger partial charge in [0, 0.05) is 24.0 Å². The van der Waals surface area contributed by atoms with Crippen molar-refractivity contribution >= 4 is 17.4 Å². The van der Waals surface area contributed by atoms with Crippen molar-refractivity contribution in [1.29, 1.82) is 0 Å². The van der Waals surface area contributed by atoms with Gasteiger partial charge >= 0.3 is 0 Å². The van der Waals surface area contributed by atoms with Gasteiger partial charge in [0.1, 0.15) is 5.03 Å². The quantitative estimate of drug-likeness (QED) is 0.520. The molecule has 27 heavy (non-hydrogen) atoms. The van der Waals surface area contributed by atoms with Crippen LogP contribution >= 0.6 is 11.8 Å². The smallest absolute Gasteiger partial charge is 0.299 e. The highest BCUT2D eigenvalue weighted by Crippen LogP contribution is 2.42. The Balaban J connectivity index is 1.54. The van der Waals surface area contributed by atoms with E-state index < -0.39 is 12.2 Å². The van der Waals surface area contributed by atoms with Gasteiger partial charge < -0.3 is 0 Å². The van der Waals surface area contributed by atoms with Crippen LogP contribution in [0.5, 0.6) is 0 Å². The van der Waals surface area contributed by atoms with Gasteiger partial charge in [-0.2, -0.15) is 9.61 Å². The summed E-state index contributed by atoms with van der Waals surface area (Å²) in [7, 11) is 0. The molecule has 0 aliphatic heterocycles. The van der Waals surface area contributed by atoms with E-state index in [1.807, 2.05) is 12.1 Å². The fraction of sp³-hybridized carbons (Fsp3) is 0.250. The van der Waals surface area contributed by atoms with E-state index in [9.17, 15) is 8.78 Å². The Morgan fingerprint density at radius 3 is 2.70 bits per heavy atom. The first-order chi connectivity index (χ1) is 13.2. The van der Waals surface area contributed by atoms with Crippen molar-refractivity contribution in [2.45, 2.75) is 35.5 Å². The number of halogens is 2. The van der Waals surface area contributed by atoms with Crippen molar-refractivity contribution in [3.63, 3.8) is 0 Å². The summed E-state index contributed by atoms with van der Waals surface area (Å²) in [5.41, 5.74) is 1.15. The molecule has 0 bridgehead atoms. The molecule has 4 aromatic rings. The van der Waals surface area contributed by atoms with E-state index in [0.29, 0.717) is 16.2 Å². The van der Waals surface area contributed by atoms with E-state index in [4.69, 9.17) is 0 Å². The summed E-state index contributed by atoms with van der Waals surface area (Å²) in [6.07, 6.45) is 2.79. The average Bonchev–Trinajstić information content (AvgIpc) is 3.29. The molecule has 0 spiro atoms.